The first-order valence-corrected chi connectivity index (χ1v) is 18.1. The predicted octanol–water partition coefficient (Wildman–Crippen LogP) is 2.39. The van der Waals surface area contributed by atoms with Gasteiger partial charge in [-0.2, -0.15) is 4.72 Å². The molecule has 1 aromatic heterocycles. The van der Waals surface area contributed by atoms with Gasteiger partial charge in [-0.1, -0.05) is 18.2 Å². The number of benzene rings is 2. The van der Waals surface area contributed by atoms with Gasteiger partial charge in [0.1, 0.15) is 23.7 Å². The number of hydrogen-bond donors (Lipinski definition) is 3. The molecule has 2 aliphatic rings. The van der Waals surface area contributed by atoms with E-state index in [4.69, 9.17) is 15.2 Å². The van der Waals surface area contributed by atoms with Crippen LogP contribution in [0.15, 0.2) is 41.4 Å². The Kier molecular flexibility index (Phi) is 11.4. The summed E-state index contributed by atoms with van der Waals surface area (Å²) in [4.78, 5) is 49.1. The molecule has 2 aliphatic heterocycles. The second-order valence-corrected chi connectivity index (χ2v) is 14.4. The van der Waals surface area contributed by atoms with E-state index in [-0.39, 0.29) is 17.2 Å². The number of sulfonamides is 1. The number of pyridine rings is 1. The molecule has 4 N–H and O–H groups in total. The standard InChI is InChI=1S/C35H46N6O7S/c1-22-18-30(47-4)23(2)24(3)32(22)49(45,46)39-28(21-31(42)40-14-16-48-17-15-40)34(43)38-29(35(44)41-12-6-5-7-13-41)20-25-8-9-27-26(19-25)10-11-37-33(27)36/h8-11,18-19,28-29,39H,5-7,12-17,20-21H2,1-4H3,(H2,36,37)(H,38,43)/t28-,29?/m0/s1. The Morgan fingerprint density at radius 3 is 2.37 bits per heavy atom. The lowest BCUT2D eigenvalue weighted by Crippen LogP contribution is -2.56. The first kappa shape index (κ1) is 36.0. The number of nitrogens with two attached hydrogens (primary N) is 1. The maximum absolute atomic E-state index is 14.2. The Bertz CT molecular complexity index is 1820. The van der Waals surface area contributed by atoms with Crippen molar-refractivity contribution in [3.05, 3.63) is 58.8 Å². The van der Waals surface area contributed by atoms with Crippen LogP contribution >= 0.6 is 0 Å². The molecule has 264 valence electrons. The summed E-state index contributed by atoms with van der Waals surface area (Å²) in [6.45, 7) is 7.55. The predicted molar refractivity (Wildman–Crippen MR) is 186 cm³/mol. The Morgan fingerprint density at radius 1 is 0.959 bits per heavy atom. The summed E-state index contributed by atoms with van der Waals surface area (Å²) in [5.74, 6) is -0.505. The number of aryl methyl sites for hydroxylation is 1. The van der Waals surface area contributed by atoms with Gasteiger partial charge in [0.2, 0.25) is 27.7 Å². The number of piperidine rings is 1. The van der Waals surface area contributed by atoms with Gasteiger partial charge in [0.15, 0.2) is 0 Å². The van der Waals surface area contributed by atoms with E-state index in [0.717, 1.165) is 35.6 Å². The van der Waals surface area contributed by atoms with Crippen LogP contribution < -0.4 is 20.5 Å². The molecule has 3 amide bonds. The van der Waals surface area contributed by atoms with Crippen LogP contribution in [0.25, 0.3) is 10.8 Å². The van der Waals surface area contributed by atoms with Crippen molar-refractivity contribution in [3.63, 3.8) is 0 Å². The van der Waals surface area contributed by atoms with Crippen molar-refractivity contribution < 1.29 is 32.3 Å². The SMILES string of the molecule is COc1cc(C)c(S(=O)(=O)N[C@@H](CC(=O)N2CCOCC2)C(=O)NC(Cc2ccc3c(N)nccc3c2)C(=O)N2CCCCC2)c(C)c1C. The minimum atomic E-state index is -4.33. The molecule has 49 heavy (non-hydrogen) atoms. The molecule has 3 aromatic rings. The first-order valence-electron chi connectivity index (χ1n) is 16.6. The number of aromatic nitrogens is 1. The fourth-order valence-electron chi connectivity index (χ4n) is 6.62. The topological polar surface area (TPSA) is 173 Å². The molecule has 14 heteroatoms. The van der Waals surface area contributed by atoms with Crippen LogP contribution in [-0.2, 0) is 35.6 Å². The van der Waals surface area contributed by atoms with E-state index in [1.54, 1.807) is 42.8 Å². The van der Waals surface area contributed by atoms with Crippen LogP contribution in [0.5, 0.6) is 5.75 Å². The van der Waals surface area contributed by atoms with E-state index < -0.39 is 40.3 Å². The molecule has 5 rings (SSSR count). The fraction of sp³-hybridized carbons (Fsp3) is 0.486. The van der Waals surface area contributed by atoms with Crippen LogP contribution in [0.4, 0.5) is 5.82 Å². The monoisotopic (exact) mass is 694 g/mol. The highest BCUT2D eigenvalue weighted by Crippen LogP contribution is 2.31. The summed E-state index contributed by atoms with van der Waals surface area (Å²) in [7, 11) is -2.82. The number of amides is 3. The molecular weight excluding hydrogens is 648 g/mol. The zero-order valence-corrected chi connectivity index (χ0v) is 29.4. The molecule has 2 fully saturated rings. The zero-order chi connectivity index (χ0) is 35.3. The van der Waals surface area contributed by atoms with Gasteiger partial charge in [0, 0.05) is 44.2 Å². The third-order valence-electron chi connectivity index (χ3n) is 9.41. The van der Waals surface area contributed by atoms with Crippen molar-refractivity contribution in [2.24, 2.45) is 0 Å². The number of fused-ring (bicyclic) bond motifs is 1. The minimum absolute atomic E-state index is 0.00768. The van der Waals surface area contributed by atoms with Gasteiger partial charge in [-0.25, -0.2) is 13.4 Å². The number of anilines is 1. The number of ether oxygens (including phenoxy) is 2. The van der Waals surface area contributed by atoms with Crippen molar-refractivity contribution in [1.82, 2.24) is 24.8 Å². The Morgan fingerprint density at radius 2 is 1.67 bits per heavy atom. The molecule has 0 bridgehead atoms. The Hall–Kier alpha value is -4.27. The maximum atomic E-state index is 14.2. The largest absolute Gasteiger partial charge is 0.496 e. The van der Waals surface area contributed by atoms with Gasteiger partial charge in [-0.05, 0) is 79.8 Å². The summed E-state index contributed by atoms with van der Waals surface area (Å²) in [5, 5.41) is 4.46. The van der Waals surface area contributed by atoms with Gasteiger partial charge in [0.25, 0.3) is 0 Å². The quantitative estimate of drug-likeness (QED) is 0.272. The molecule has 13 nitrogen and oxygen atoms in total. The van der Waals surface area contributed by atoms with Gasteiger partial charge in [-0.15, -0.1) is 0 Å². The van der Waals surface area contributed by atoms with E-state index in [9.17, 15) is 22.8 Å². The van der Waals surface area contributed by atoms with Crippen LogP contribution in [0.2, 0.25) is 0 Å². The molecule has 0 spiro atoms. The number of hydrogen-bond acceptors (Lipinski definition) is 9. The molecule has 0 radical (unpaired) electrons. The smallest absolute Gasteiger partial charge is 0.245 e. The summed E-state index contributed by atoms with van der Waals surface area (Å²) in [6, 6.07) is 6.50. The lowest BCUT2D eigenvalue weighted by molar-refractivity contribution is -0.139. The normalized spacial score (nSPS) is 16.7. The number of morpholine rings is 1. The molecular formula is C35H46N6O7S. The summed E-state index contributed by atoms with van der Waals surface area (Å²) < 4.78 is 41.4. The van der Waals surface area contributed by atoms with E-state index in [1.165, 1.54) is 7.11 Å². The number of likely N-dealkylation sites (tertiary alicyclic amines) is 1. The maximum Gasteiger partial charge on any atom is 0.245 e. The van der Waals surface area contributed by atoms with Crippen LogP contribution in [-0.4, -0.2) is 99.5 Å². The number of methoxy groups -OCH3 is 1. The summed E-state index contributed by atoms with van der Waals surface area (Å²) in [6.07, 6.45) is 4.03. The van der Waals surface area contributed by atoms with E-state index >= 15 is 0 Å². The van der Waals surface area contributed by atoms with Gasteiger partial charge < -0.3 is 30.3 Å². The number of rotatable bonds is 11. The van der Waals surface area contributed by atoms with Crippen LogP contribution in [0, 0.1) is 20.8 Å². The van der Waals surface area contributed by atoms with Crippen LogP contribution in [0.1, 0.15) is 47.9 Å². The number of nitrogen functional groups attached to an aromatic ring is 1. The highest BCUT2D eigenvalue weighted by molar-refractivity contribution is 7.89. The van der Waals surface area contributed by atoms with Crippen molar-refractivity contribution in [2.75, 3.05) is 52.2 Å². The molecule has 2 aromatic carbocycles. The number of carbonyl (C=O) groups is 3. The van der Waals surface area contributed by atoms with Crippen molar-refractivity contribution in [2.45, 2.75) is 69.9 Å². The molecule has 3 heterocycles. The second kappa shape index (κ2) is 15.5. The average Bonchev–Trinajstić information content (AvgIpc) is 3.09. The first-order chi connectivity index (χ1) is 23.4. The fourth-order valence-corrected chi connectivity index (χ4v) is 8.34. The third kappa shape index (κ3) is 8.31. The zero-order valence-electron chi connectivity index (χ0n) is 28.6. The molecule has 1 unspecified atom stereocenters. The van der Waals surface area contributed by atoms with Crippen molar-refractivity contribution in [3.8, 4) is 5.75 Å². The molecule has 2 atom stereocenters. The second-order valence-electron chi connectivity index (χ2n) is 12.7. The summed E-state index contributed by atoms with van der Waals surface area (Å²) >= 11 is 0. The van der Waals surface area contributed by atoms with Crippen molar-refractivity contribution in [1.29, 1.82) is 0 Å². The highest BCUT2D eigenvalue weighted by Gasteiger charge is 2.35. The molecule has 2 saturated heterocycles. The van der Waals surface area contributed by atoms with Crippen molar-refractivity contribution >= 4 is 44.3 Å². The molecule has 0 saturated carbocycles. The van der Waals surface area contributed by atoms with E-state index in [2.05, 4.69) is 15.0 Å². The number of nitrogens with zero attached hydrogens (tertiary/aromatic N) is 3. The highest BCUT2D eigenvalue weighted by atomic mass is 32.2. The Labute approximate surface area is 287 Å². The average molecular weight is 695 g/mol. The number of nitrogens with one attached hydrogen (secondary N) is 2. The summed E-state index contributed by atoms with van der Waals surface area (Å²) in [5.41, 5.74) is 8.36. The van der Waals surface area contributed by atoms with E-state index in [1.807, 2.05) is 24.3 Å². The minimum Gasteiger partial charge on any atom is -0.496 e. The van der Waals surface area contributed by atoms with Gasteiger partial charge in [0.05, 0.1) is 31.6 Å². The Balaban J connectivity index is 1.47. The molecule has 0 aliphatic carbocycles. The third-order valence-corrected chi connectivity index (χ3v) is 11.2. The number of carbonyl (C=O) groups excluding carboxylic acids is 3. The lowest BCUT2D eigenvalue weighted by Gasteiger charge is -2.32. The van der Waals surface area contributed by atoms with E-state index in [0.29, 0.717) is 67.7 Å². The van der Waals surface area contributed by atoms with Gasteiger partial charge in [-0.3, -0.25) is 14.4 Å². The van der Waals surface area contributed by atoms with Crippen LogP contribution in [0.3, 0.4) is 0 Å². The lowest BCUT2D eigenvalue weighted by atomic mass is 10.00. The van der Waals surface area contributed by atoms with Gasteiger partial charge >= 0.3 is 0 Å².